The summed E-state index contributed by atoms with van der Waals surface area (Å²) in [6.45, 7) is 0. The van der Waals surface area contributed by atoms with E-state index in [0.717, 1.165) is 4.90 Å². The molecule has 8 nitrogen and oxygen atoms in total. The maximum atomic E-state index is 12.0. The highest BCUT2D eigenvalue weighted by Gasteiger charge is 2.33. The highest BCUT2D eigenvalue weighted by Crippen LogP contribution is 2.25. The number of nitrogens with one attached hydrogen (secondary N) is 1. The van der Waals surface area contributed by atoms with Crippen molar-refractivity contribution in [1.82, 2.24) is 10.2 Å². The monoisotopic (exact) mass is 340 g/mol. The molecule has 126 valence electrons. The first-order chi connectivity index (χ1) is 11.9. The number of amides is 4. The van der Waals surface area contributed by atoms with Crippen LogP contribution in [-0.2, 0) is 9.59 Å². The topological polar surface area (TPSA) is 117 Å². The van der Waals surface area contributed by atoms with E-state index in [1.54, 1.807) is 18.2 Å². The molecule has 0 bridgehead atoms. The van der Waals surface area contributed by atoms with Crippen molar-refractivity contribution in [1.29, 1.82) is 0 Å². The van der Waals surface area contributed by atoms with Crippen LogP contribution in [0.2, 0.25) is 0 Å². The number of aromatic carboxylic acids is 1. The first-order valence-electron chi connectivity index (χ1n) is 7.15. The lowest BCUT2D eigenvalue weighted by Gasteiger charge is -2.21. The van der Waals surface area contributed by atoms with Crippen molar-refractivity contribution in [2.45, 2.75) is 0 Å². The van der Waals surface area contributed by atoms with Gasteiger partial charge in [0.2, 0.25) is 0 Å². The second kappa shape index (κ2) is 6.08. The Morgan fingerprint density at radius 3 is 2.68 bits per heavy atom. The summed E-state index contributed by atoms with van der Waals surface area (Å²) in [5, 5.41) is 11.1. The van der Waals surface area contributed by atoms with Gasteiger partial charge in [0.15, 0.2) is 0 Å². The van der Waals surface area contributed by atoms with Gasteiger partial charge in [0, 0.05) is 12.6 Å². The molecule has 0 atom stereocenters. The fourth-order valence-corrected chi connectivity index (χ4v) is 2.28. The van der Waals surface area contributed by atoms with Gasteiger partial charge in [0.1, 0.15) is 17.1 Å². The van der Waals surface area contributed by atoms with E-state index in [-0.39, 0.29) is 16.9 Å². The van der Waals surface area contributed by atoms with Gasteiger partial charge in [-0.3, -0.25) is 19.8 Å². The lowest BCUT2D eigenvalue weighted by atomic mass is 10.1. The third-order valence-corrected chi connectivity index (χ3v) is 3.61. The van der Waals surface area contributed by atoms with Crippen LogP contribution in [0, 0.1) is 0 Å². The van der Waals surface area contributed by atoms with E-state index < -0.39 is 23.8 Å². The largest absolute Gasteiger partial charge is 0.478 e. The second-order valence-electron chi connectivity index (χ2n) is 5.27. The Bertz CT molecular complexity index is 940. The molecule has 1 fully saturated rings. The summed E-state index contributed by atoms with van der Waals surface area (Å²) in [5.74, 6) is -2.01. The molecule has 1 aliphatic rings. The van der Waals surface area contributed by atoms with Crippen LogP contribution < -0.4 is 5.32 Å². The number of carbonyl (C=O) groups excluding carboxylic acids is 3. The van der Waals surface area contributed by atoms with E-state index in [1.165, 1.54) is 31.3 Å². The van der Waals surface area contributed by atoms with Crippen molar-refractivity contribution in [3.8, 4) is 11.3 Å². The van der Waals surface area contributed by atoms with Gasteiger partial charge in [0.05, 0.1) is 5.56 Å². The molecular weight excluding hydrogens is 328 g/mol. The number of carbonyl (C=O) groups is 4. The van der Waals surface area contributed by atoms with Gasteiger partial charge in [-0.15, -0.1) is 0 Å². The number of rotatable bonds is 3. The molecule has 1 aromatic carbocycles. The average Bonchev–Trinajstić information content (AvgIpc) is 3.05. The number of furan rings is 1. The summed E-state index contributed by atoms with van der Waals surface area (Å²) < 4.78 is 5.56. The lowest BCUT2D eigenvalue weighted by Crippen LogP contribution is -2.52. The third-order valence-electron chi connectivity index (χ3n) is 3.61. The summed E-state index contributed by atoms with van der Waals surface area (Å²) >= 11 is 0. The second-order valence-corrected chi connectivity index (χ2v) is 5.27. The summed E-state index contributed by atoms with van der Waals surface area (Å²) in [7, 11) is 1.25. The number of imide groups is 2. The van der Waals surface area contributed by atoms with E-state index in [1.807, 2.05) is 5.32 Å². The van der Waals surface area contributed by atoms with Crippen molar-refractivity contribution in [2.75, 3.05) is 7.05 Å². The van der Waals surface area contributed by atoms with E-state index in [9.17, 15) is 19.2 Å². The number of likely N-dealkylation sites (N-methyl/N-ethyl adjacent to an activating group) is 1. The lowest BCUT2D eigenvalue weighted by molar-refractivity contribution is -0.129. The molecule has 25 heavy (non-hydrogen) atoms. The molecule has 0 unspecified atom stereocenters. The normalized spacial score (nSPS) is 16.3. The zero-order valence-electron chi connectivity index (χ0n) is 13.0. The zero-order chi connectivity index (χ0) is 18.1. The minimum atomic E-state index is -1.06. The Labute approximate surface area is 141 Å². The van der Waals surface area contributed by atoms with Gasteiger partial charge < -0.3 is 9.52 Å². The predicted molar refractivity (Wildman–Crippen MR) is 85.4 cm³/mol. The maximum Gasteiger partial charge on any atom is 0.335 e. The minimum absolute atomic E-state index is 0.107. The van der Waals surface area contributed by atoms with Gasteiger partial charge in [-0.05, 0) is 30.3 Å². The molecular formula is C17H12N2O6. The van der Waals surface area contributed by atoms with Crippen LogP contribution in [0.1, 0.15) is 16.1 Å². The quantitative estimate of drug-likeness (QED) is 0.649. The average molecular weight is 340 g/mol. The SMILES string of the molecule is CN1C(=O)NC(=O)/C(=C/c2ccc(-c3cccc(C(=O)O)c3)o2)C1=O. The van der Waals surface area contributed by atoms with Crippen molar-refractivity contribution < 1.29 is 28.7 Å². The van der Waals surface area contributed by atoms with Crippen molar-refractivity contribution >= 4 is 29.9 Å². The number of benzene rings is 1. The Balaban J connectivity index is 1.93. The number of hydrogen-bond donors (Lipinski definition) is 2. The molecule has 1 aliphatic heterocycles. The van der Waals surface area contributed by atoms with Crippen LogP contribution in [0.5, 0.6) is 0 Å². The molecule has 0 radical (unpaired) electrons. The van der Waals surface area contributed by atoms with Crippen LogP contribution in [0.25, 0.3) is 17.4 Å². The Kier molecular flexibility index (Phi) is 3.94. The third kappa shape index (κ3) is 3.05. The Morgan fingerprint density at radius 1 is 1.20 bits per heavy atom. The predicted octanol–water partition coefficient (Wildman–Crippen LogP) is 1.74. The molecule has 2 aromatic rings. The van der Waals surface area contributed by atoms with E-state index >= 15 is 0 Å². The van der Waals surface area contributed by atoms with Gasteiger partial charge in [-0.1, -0.05) is 12.1 Å². The zero-order valence-corrected chi connectivity index (χ0v) is 13.0. The number of barbiturate groups is 1. The number of hydrogen-bond acceptors (Lipinski definition) is 5. The molecule has 1 aromatic heterocycles. The smallest absolute Gasteiger partial charge is 0.335 e. The maximum absolute atomic E-state index is 12.0. The van der Waals surface area contributed by atoms with Crippen molar-refractivity contribution in [3.63, 3.8) is 0 Å². The van der Waals surface area contributed by atoms with Gasteiger partial charge in [0.25, 0.3) is 11.8 Å². The first kappa shape index (κ1) is 16.2. The number of carboxylic acids is 1. The molecule has 2 heterocycles. The van der Waals surface area contributed by atoms with Crippen molar-refractivity contribution in [3.05, 3.63) is 53.3 Å². The van der Waals surface area contributed by atoms with Crippen LogP contribution >= 0.6 is 0 Å². The van der Waals surface area contributed by atoms with Crippen LogP contribution in [-0.4, -0.2) is 40.9 Å². The molecule has 2 N–H and O–H groups in total. The number of urea groups is 1. The number of nitrogens with zero attached hydrogens (tertiary/aromatic N) is 1. The van der Waals surface area contributed by atoms with Gasteiger partial charge in [-0.25, -0.2) is 9.59 Å². The standard InChI is InChI=1S/C17H12N2O6/c1-19-15(21)12(14(20)18-17(19)24)8-11-5-6-13(25-11)9-3-2-4-10(7-9)16(22)23/h2-8H,1H3,(H,22,23)(H,18,20,24)/b12-8-. The van der Waals surface area contributed by atoms with E-state index in [4.69, 9.17) is 9.52 Å². The molecule has 4 amide bonds. The van der Waals surface area contributed by atoms with E-state index in [2.05, 4.69) is 0 Å². The highest BCUT2D eigenvalue weighted by atomic mass is 16.4. The molecule has 1 saturated heterocycles. The summed E-state index contributed by atoms with van der Waals surface area (Å²) in [6.07, 6.45) is 1.23. The highest BCUT2D eigenvalue weighted by molar-refractivity contribution is 6.30. The fourth-order valence-electron chi connectivity index (χ4n) is 2.28. The number of carboxylic acid groups (broad SMARTS) is 1. The minimum Gasteiger partial charge on any atom is -0.478 e. The molecule has 8 heteroatoms. The van der Waals surface area contributed by atoms with Gasteiger partial charge >= 0.3 is 12.0 Å². The molecule has 0 saturated carbocycles. The van der Waals surface area contributed by atoms with E-state index in [0.29, 0.717) is 11.3 Å². The van der Waals surface area contributed by atoms with Crippen molar-refractivity contribution in [2.24, 2.45) is 0 Å². The van der Waals surface area contributed by atoms with Crippen LogP contribution in [0.15, 0.2) is 46.4 Å². The molecule has 0 spiro atoms. The molecule has 0 aliphatic carbocycles. The summed E-state index contributed by atoms with van der Waals surface area (Å²) in [5.41, 5.74) is 0.411. The Hall–Kier alpha value is -3.68. The fraction of sp³-hybridized carbons (Fsp3) is 0.0588. The molecule has 3 rings (SSSR count). The van der Waals surface area contributed by atoms with Crippen LogP contribution in [0.4, 0.5) is 4.79 Å². The Morgan fingerprint density at radius 2 is 1.96 bits per heavy atom. The van der Waals surface area contributed by atoms with Gasteiger partial charge in [-0.2, -0.15) is 0 Å². The van der Waals surface area contributed by atoms with Crippen LogP contribution in [0.3, 0.4) is 0 Å². The first-order valence-corrected chi connectivity index (χ1v) is 7.15. The summed E-state index contributed by atoms with van der Waals surface area (Å²) in [6, 6.07) is 8.49. The summed E-state index contributed by atoms with van der Waals surface area (Å²) in [4.78, 5) is 47.0.